The van der Waals surface area contributed by atoms with Crippen molar-refractivity contribution in [1.82, 2.24) is 0 Å². The first-order valence-electron chi connectivity index (χ1n) is 30.7. The van der Waals surface area contributed by atoms with Gasteiger partial charge in [0.05, 0.1) is 5.02 Å². The van der Waals surface area contributed by atoms with E-state index < -0.39 is 42.9 Å². The molecule has 0 heterocycles. The lowest BCUT2D eigenvalue weighted by Gasteiger charge is -2.09. The molecule has 0 aromatic heterocycles. The lowest BCUT2D eigenvalue weighted by Crippen LogP contribution is -2.08. The summed E-state index contributed by atoms with van der Waals surface area (Å²) in [7, 11) is -13.3. The number of aryl methyl sites for hydroxylation is 10. The Morgan fingerprint density at radius 1 is 0.281 bits per heavy atom. The van der Waals surface area contributed by atoms with Crippen LogP contribution < -0.4 is 31.8 Å². The summed E-state index contributed by atoms with van der Waals surface area (Å²) in [5, 5.41) is 4.58. The van der Waals surface area contributed by atoms with Crippen LogP contribution in [0, 0.1) is 111 Å². The van der Waals surface area contributed by atoms with Crippen LogP contribution in [0.4, 0.5) is 13.2 Å². The molecular weight excluding hydrogens is 1340 g/mol. The first kappa shape index (κ1) is 87.6. The van der Waals surface area contributed by atoms with Gasteiger partial charge in [0.2, 0.25) is 0 Å². The number of hydrogen-bond donors (Lipinski definition) is 0. The third kappa shape index (κ3) is 35.7. The van der Waals surface area contributed by atoms with E-state index in [2.05, 4.69) is 50.0 Å². The number of hydrogen-bond acceptors (Lipinski definition) is 6. The van der Waals surface area contributed by atoms with Gasteiger partial charge in [-0.15, -0.1) is 12.8 Å². The molecule has 0 aliphatic rings. The zero-order chi connectivity index (χ0) is 73.7. The molecule has 9 aromatic carbocycles. The molecule has 0 radical (unpaired) electrons. The second-order valence-corrected chi connectivity index (χ2v) is 45.4. The third-order valence-corrected chi connectivity index (χ3v) is 23.1. The quantitative estimate of drug-likeness (QED) is 0.121. The van der Waals surface area contributed by atoms with Gasteiger partial charge in [0.15, 0.2) is 0 Å². The van der Waals surface area contributed by atoms with Gasteiger partial charge in [0, 0.05) is 43.0 Å². The maximum atomic E-state index is 13.2. The fraction of sp³-hybridized carbons (Fsp3) is 0.275. The molecule has 9 rings (SSSR count). The maximum absolute atomic E-state index is 13.2. The fourth-order valence-electron chi connectivity index (χ4n) is 8.06. The Bertz CT molecular complexity index is 4260. The minimum Gasteiger partial charge on any atom is -0.319 e. The van der Waals surface area contributed by atoms with Gasteiger partial charge in [-0.05, 0) is 238 Å². The van der Waals surface area contributed by atoms with Crippen LogP contribution in [-0.4, -0.2) is 80.0 Å². The third-order valence-electron chi connectivity index (χ3n) is 13.7. The Balaban J connectivity index is 0.000000542. The van der Waals surface area contributed by atoms with Crippen molar-refractivity contribution in [3.63, 3.8) is 0 Å². The number of benzene rings is 9. The van der Waals surface area contributed by atoms with Crippen molar-refractivity contribution in [3.05, 3.63) is 283 Å². The number of halogens is 4. The predicted molar refractivity (Wildman–Crippen MR) is 421 cm³/mol. The van der Waals surface area contributed by atoms with Gasteiger partial charge in [-0.3, -0.25) is 0 Å². The molecule has 0 aliphatic heterocycles. The zero-order valence-electron chi connectivity index (χ0n) is 60.3. The van der Waals surface area contributed by atoms with Crippen LogP contribution in [0.3, 0.4) is 0 Å². The average molecular weight is 1440 g/mol. The highest BCUT2D eigenvalue weighted by Gasteiger charge is 2.18. The highest BCUT2D eigenvalue weighted by atomic mass is 35.5. The molecule has 0 bridgehead atoms. The topological polar surface area (TPSA) is 102 Å². The molecule has 514 valence electrons. The van der Waals surface area contributed by atoms with Crippen molar-refractivity contribution in [2.45, 2.75) is 69.2 Å². The molecule has 0 unspecified atom stereocenters. The highest BCUT2D eigenvalue weighted by Crippen LogP contribution is 2.39. The molecule has 96 heavy (non-hydrogen) atoms. The SMILES string of the molecule is C#Cc1cc(C)ccc1P(C)(C)=O.C#Cc1cccc(C)c1.Cc1ccc(C)cc1.Cc1ccc(F)c(Cl)c1.Cc1ccc(F)c(P(C)(C)=O)c1.Cc1ccc(P(C)(C)=O)c(F)c1.Cc1ccc(P(C)(C)=O)cc1.Cc1ccc(P(C)(C)=O)cc1.Cc1cccc(P(C)(C)=O)c1. The van der Waals surface area contributed by atoms with Gasteiger partial charge < -0.3 is 27.4 Å². The fourth-order valence-corrected chi connectivity index (χ4v) is 14.3. The largest absolute Gasteiger partial charge is 0.319 e. The van der Waals surface area contributed by atoms with Crippen LogP contribution >= 0.6 is 54.5 Å². The molecular formula is C80H100ClF3O6P6. The van der Waals surface area contributed by atoms with E-state index in [1.807, 2.05) is 171 Å². The maximum Gasteiger partial charge on any atom is 0.141 e. The highest BCUT2D eigenvalue weighted by molar-refractivity contribution is 7.71. The molecule has 9 aromatic rings. The van der Waals surface area contributed by atoms with E-state index >= 15 is 0 Å². The summed E-state index contributed by atoms with van der Waals surface area (Å²) in [6, 6.07) is 59.8. The van der Waals surface area contributed by atoms with Crippen LogP contribution in [-0.2, 0) is 27.4 Å². The van der Waals surface area contributed by atoms with Crippen molar-refractivity contribution in [2.75, 3.05) is 80.0 Å². The van der Waals surface area contributed by atoms with Gasteiger partial charge in [0.1, 0.15) is 60.3 Å². The lowest BCUT2D eigenvalue weighted by atomic mass is 10.1. The van der Waals surface area contributed by atoms with Crippen molar-refractivity contribution < 1.29 is 40.6 Å². The molecule has 0 spiro atoms. The molecule has 0 amide bonds. The molecule has 0 saturated heterocycles. The van der Waals surface area contributed by atoms with E-state index in [9.17, 15) is 40.6 Å². The number of rotatable bonds is 6. The lowest BCUT2D eigenvalue weighted by molar-refractivity contribution is 0.583. The Morgan fingerprint density at radius 3 is 0.917 bits per heavy atom. The standard InChI is InChI=1S/C11H13OP.2C9H12FOP.3C9H13OP.C9H8.C8H10.C7H6ClF/c1-5-10-8-9(2)6-7-11(10)13(3,4)12;1-7-4-5-9(8(10)6-7)12(2,3)11;1-7-4-5-8(10)9(6-7)12(2,3)11;2*1-8-4-6-9(7-5-8)11(2,3)10;1-8-5-4-6-9(7-8)11(2,3)10;1-3-9-6-4-5-8(2)7-9;1-7-3-5-8(2)6-4-7;1-5-2-3-7(9)6(8)4-5/h1,6-8H,2-4H3;2*4-6H,1-3H3;3*4-7H,1-3H3;1,4-7H,2H3;3-6H,1-2H3;2-4H,1H3. The Morgan fingerprint density at radius 2 is 0.604 bits per heavy atom. The van der Waals surface area contributed by atoms with Crippen molar-refractivity contribution in [3.8, 4) is 24.7 Å². The summed E-state index contributed by atoms with van der Waals surface area (Å²) >= 11 is 5.44. The Labute approximate surface area is 580 Å². The summed E-state index contributed by atoms with van der Waals surface area (Å²) in [5.74, 6) is 4.05. The van der Waals surface area contributed by atoms with E-state index in [1.54, 1.807) is 116 Å². The summed E-state index contributed by atoms with van der Waals surface area (Å²) in [4.78, 5) is 0. The zero-order valence-corrected chi connectivity index (χ0v) is 66.4. The summed E-state index contributed by atoms with van der Waals surface area (Å²) in [6.07, 6.45) is 10.5. The molecule has 0 N–H and O–H groups in total. The first-order valence-corrected chi connectivity index (χ1v) is 46.7. The van der Waals surface area contributed by atoms with E-state index in [0.29, 0.717) is 10.6 Å². The summed E-state index contributed by atoms with van der Waals surface area (Å²) < 4.78 is 108. The average Bonchev–Trinajstić information content (AvgIpc) is 0.857. The second kappa shape index (κ2) is 40.4. The van der Waals surface area contributed by atoms with Gasteiger partial charge in [-0.25, -0.2) is 13.2 Å². The van der Waals surface area contributed by atoms with E-state index in [1.165, 1.54) is 51.6 Å². The van der Waals surface area contributed by atoms with Crippen LogP contribution in [0.1, 0.15) is 66.8 Å². The molecule has 6 nitrogen and oxygen atoms in total. The summed E-state index contributed by atoms with van der Waals surface area (Å²) in [5.41, 5.74) is 13.0. The summed E-state index contributed by atoms with van der Waals surface area (Å²) in [6.45, 7) is 40.3. The van der Waals surface area contributed by atoms with Gasteiger partial charge >= 0.3 is 0 Å². The van der Waals surface area contributed by atoms with E-state index in [4.69, 9.17) is 24.4 Å². The molecule has 0 atom stereocenters. The first-order chi connectivity index (χ1) is 44.1. The normalized spacial score (nSPS) is 10.8. The smallest absolute Gasteiger partial charge is 0.141 e. The van der Waals surface area contributed by atoms with Crippen molar-refractivity contribution in [2.24, 2.45) is 0 Å². The van der Waals surface area contributed by atoms with Crippen molar-refractivity contribution in [1.29, 1.82) is 0 Å². The molecule has 0 aliphatic carbocycles. The van der Waals surface area contributed by atoms with E-state index in [0.717, 1.165) is 54.6 Å². The van der Waals surface area contributed by atoms with Gasteiger partial charge in [-0.1, -0.05) is 184 Å². The second-order valence-electron chi connectivity index (χ2n) is 25.8. The van der Waals surface area contributed by atoms with E-state index in [-0.39, 0.29) is 22.5 Å². The van der Waals surface area contributed by atoms with Gasteiger partial charge in [-0.2, -0.15) is 0 Å². The Hall–Kier alpha value is -6.44. The van der Waals surface area contributed by atoms with Crippen LogP contribution in [0.2, 0.25) is 5.02 Å². The molecule has 0 fully saturated rings. The molecule has 0 saturated carbocycles. The molecule has 16 heteroatoms. The van der Waals surface area contributed by atoms with Crippen LogP contribution in [0.25, 0.3) is 0 Å². The predicted octanol–water partition coefficient (Wildman–Crippen LogP) is 20.8. The Kier molecular flexibility index (Phi) is 36.9. The van der Waals surface area contributed by atoms with Crippen molar-refractivity contribution >= 4 is 86.3 Å². The monoisotopic (exact) mass is 1430 g/mol. The minimum atomic E-state index is -2.46. The van der Waals surface area contributed by atoms with Crippen LogP contribution in [0.15, 0.2) is 194 Å². The minimum absolute atomic E-state index is 0.190. The number of terminal acetylenes is 2. The van der Waals surface area contributed by atoms with Gasteiger partial charge in [0.25, 0.3) is 0 Å². The van der Waals surface area contributed by atoms with Crippen LogP contribution in [0.5, 0.6) is 0 Å².